The molecule has 5 nitrogen and oxygen atoms in total. The Bertz CT molecular complexity index is 469. The highest BCUT2D eigenvalue weighted by Crippen LogP contribution is 2.24. The summed E-state index contributed by atoms with van der Waals surface area (Å²) in [5.74, 6) is 0.902. The summed E-state index contributed by atoms with van der Waals surface area (Å²) in [5, 5.41) is 1.01. The van der Waals surface area contributed by atoms with Crippen LogP contribution in [0.3, 0.4) is 0 Å². The Kier molecular flexibility index (Phi) is 3.95. The Labute approximate surface area is 100 Å². The summed E-state index contributed by atoms with van der Waals surface area (Å²) in [6.07, 6.45) is 3.42. The molecule has 2 heterocycles. The molecule has 0 aliphatic rings. The van der Waals surface area contributed by atoms with E-state index in [-0.39, 0.29) is 0 Å². The molecule has 0 aromatic carbocycles. The van der Waals surface area contributed by atoms with Crippen LogP contribution in [0.5, 0.6) is 0 Å². The van der Waals surface area contributed by atoms with Crippen LogP contribution in [0.4, 0.5) is 5.82 Å². The number of furan rings is 1. The van der Waals surface area contributed by atoms with E-state index in [0.29, 0.717) is 13.2 Å². The zero-order valence-corrected chi connectivity index (χ0v) is 9.93. The topological polar surface area (TPSA) is 64.5 Å². The van der Waals surface area contributed by atoms with Crippen LogP contribution in [-0.4, -0.2) is 38.3 Å². The van der Waals surface area contributed by atoms with Gasteiger partial charge in [0.1, 0.15) is 11.4 Å². The summed E-state index contributed by atoms with van der Waals surface area (Å²) in [4.78, 5) is 6.52. The normalized spacial score (nSPS) is 10.9. The molecule has 0 saturated carbocycles. The molecule has 0 fully saturated rings. The van der Waals surface area contributed by atoms with Gasteiger partial charge in [-0.1, -0.05) is 0 Å². The summed E-state index contributed by atoms with van der Waals surface area (Å²) in [7, 11) is 1.69. The average molecular weight is 235 g/mol. The molecule has 0 spiro atoms. The van der Waals surface area contributed by atoms with Crippen molar-refractivity contribution in [2.24, 2.45) is 5.73 Å². The van der Waals surface area contributed by atoms with Crippen LogP contribution >= 0.6 is 0 Å². The van der Waals surface area contributed by atoms with Crippen molar-refractivity contribution in [1.29, 1.82) is 0 Å². The number of pyridine rings is 1. The lowest BCUT2D eigenvalue weighted by molar-refractivity contribution is 0.205. The van der Waals surface area contributed by atoms with E-state index in [1.165, 1.54) is 0 Å². The number of fused-ring (bicyclic) bond motifs is 1. The summed E-state index contributed by atoms with van der Waals surface area (Å²) in [6.45, 7) is 2.75. The second-order valence-corrected chi connectivity index (χ2v) is 3.74. The van der Waals surface area contributed by atoms with Crippen molar-refractivity contribution in [3.8, 4) is 0 Å². The zero-order valence-electron chi connectivity index (χ0n) is 9.93. The van der Waals surface area contributed by atoms with E-state index in [1.807, 2.05) is 12.1 Å². The molecule has 0 bridgehead atoms. The Balaban J connectivity index is 2.30. The molecule has 5 heteroatoms. The minimum Gasteiger partial charge on any atom is -0.464 e. The molecule has 17 heavy (non-hydrogen) atoms. The van der Waals surface area contributed by atoms with E-state index in [4.69, 9.17) is 14.9 Å². The van der Waals surface area contributed by atoms with Gasteiger partial charge in [0, 0.05) is 32.9 Å². The number of aromatic nitrogens is 1. The molecule has 2 aromatic rings. The van der Waals surface area contributed by atoms with Gasteiger partial charge in [-0.15, -0.1) is 0 Å². The van der Waals surface area contributed by atoms with Crippen LogP contribution in [0.1, 0.15) is 0 Å². The Morgan fingerprint density at radius 3 is 3.06 bits per heavy atom. The lowest BCUT2D eigenvalue weighted by Gasteiger charge is -2.23. The lowest BCUT2D eigenvalue weighted by Crippen LogP contribution is -2.33. The Morgan fingerprint density at radius 2 is 2.29 bits per heavy atom. The molecule has 2 aromatic heterocycles. The van der Waals surface area contributed by atoms with Gasteiger partial charge in [0.25, 0.3) is 0 Å². The lowest BCUT2D eigenvalue weighted by atomic mass is 10.3. The molecule has 0 aliphatic carbocycles. The van der Waals surface area contributed by atoms with Crippen LogP contribution in [0.15, 0.2) is 29.0 Å². The predicted octanol–water partition coefficient (Wildman–Crippen LogP) is 1.24. The first kappa shape index (κ1) is 11.9. The van der Waals surface area contributed by atoms with E-state index >= 15 is 0 Å². The monoisotopic (exact) mass is 235 g/mol. The third kappa shape index (κ3) is 2.57. The molecule has 0 aliphatic heterocycles. The van der Waals surface area contributed by atoms with E-state index in [2.05, 4.69) is 9.88 Å². The Hall–Kier alpha value is -1.59. The fourth-order valence-electron chi connectivity index (χ4n) is 1.81. The number of rotatable bonds is 6. The fraction of sp³-hybridized carbons (Fsp3) is 0.417. The molecule has 0 amide bonds. The zero-order chi connectivity index (χ0) is 12.1. The first-order chi connectivity index (χ1) is 8.36. The van der Waals surface area contributed by atoms with E-state index in [0.717, 1.165) is 29.9 Å². The van der Waals surface area contributed by atoms with Crippen LogP contribution in [0, 0.1) is 0 Å². The number of methoxy groups -OCH3 is 1. The standard InChI is InChI=1S/C12H17N3O2/c1-16-9-7-15(6-4-13)12-10-3-8-17-11(10)2-5-14-12/h2-3,5,8H,4,6-7,9,13H2,1H3. The molecule has 2 N–H and O–H groups in total. The number of hydrogen-bond donors (Lipinski definition) is 1. The smallest absolute Gasteiger partial charge is 0.139 e. The van der Waals surface area contributed by atoms with Crippen LogP contribution in [-0.2, 0) is 4.74 Å². The highest BCUT2D eigenvalue weighted by atomic mass is 16.5. The quantitative estimate of drug-likeness (QED) is 0.816. The molecule has 0 atom stereocenters. The number of hydrogen-bond acceptors (Lipinski definition) is 5. The largest absolute Gasteiger partial charge is 0.464 e. The second kappa shape index (κ2) is 5.65. The molecule has 92 valence electrons. The third-order valence-corrected chi connectivity index (χ3v) is 2.62. The highest BCUT2D eigenvalue weighted by molar-refractivity contribution is 5.88. The van der Waals surface area contributed by atoms with E-state index in [9.17, 15) is 0 Å². The van der Waals surface area contributed by atoms with Gasteiger partial charge in [0.15, 0.2) is 0 Å². The maximum absolute atomic E-state index is 5.62. The highest BCUT2D eigenvalue weighted by Gasteiger charge is 2.12. The van der Waals surface area contributed by atoms with Crippen molar-refractivity contribution in [3.63, 3.8) is 0 Å². The van der Waals surface area contributed by atoms with Crippen molar-refractivity contribution < 1.29 is 9.15 Å². The van der Waals surface area contributed by atoms with Crippen molar-refractivity contribution in [3.05, 3.63) is 24.6 Å². The van der Waals surface area contributed by atoms with Gasteiger partial charge in [0.05, 0.1) is 18.3 Å². The maximum atomic E-state index is 5.62. The summed E-state index contributed by atoms with van der Waals surface area (Å²) >= 11 is 0. The first-order valence-electron chi connectivity index (χ1n) is 5.63. The summed E-state index contributed by atoms with van der Waals surface area (Å²) in [6, 6.07) is 3.78. The van der Waals surface area contributed by atoms with Crippen molar-refractivity contribution in [2.45, 2.75) is 0 Å². The van der Waals surface area contributed by atoms with Gasteiger partial charge >= 0.3 is 0 Å². The first-order valence-corrected chi connectivity index (χ1v) is 5.63. The van der Waals surface area contributed by atoms with Crippen molar-refractivity contribution in [1.82, 2.24) is 4.98 Å². The summed E-state index contributed by atoms with van der Waals surface area (Å²) in [5.41, 5.74) is 6.47. The minimum atomic E-state index is 0.583. The van der Waals surface area contributed by atoms with Crippen LogP contribution in [0.25, 0.3) is 11.0 Å². The number of ether oxygens (including phenoxy) is 1. The molecule has 0 unspecified atom stereocenters. The fourth-order valence-corrected chi connectivity index (χ4v) is 1.81. The predicted molar refractivity (Wildman–Crippen MR) is 67.2 cm³/mol. The molecule has 2 rings (SSSR count). The van der Waals surface area contributed by atoms with Crippen LogP contribution in [0.2, 0.25) is 0 Å². The number of anilines is 1. The van der Waals surface area contributed by atoms with Crippen LogP contribution < -0.4 is 10.6 Å². The van der Waals surface area contributed by atoms with E-state index < -0.39 is 0 Å². The minimum absolute atomic E-state index is 0.583. The molecular weight excluding hydrogens is 218 g/mol. The van der Waals surface area contributed by atoms with Gasteiger partial charge < -0.3 is 19.8 Å². The van der Waals surface area contributed by atoms with Gasteiger partial charge in [-0.25, -0.2) is 4.98 Å². The molecule has 0 radical (unpaired) electrons. The number of nitrogens with zero attached hydrogens (tertiary/aromatic N) is 2. The summed E-state index contributed by atoms with van der Waals surface area (Å²) < 4.78 is 10.5. The third-order valence-electron chi connectivity index (χ3n) is 2.62. The SMILES string of the molecule is COCCN(CCN)c1nccc2occc12. The molecule has 0 saturated heterocycles. The average Bonchev–Trinajstić information content (AvgIpc) is 2.82. The van der Waals surface area contributed by atoms with Gasteiger partial charge in [-0.2, -0.15) is 0 Å². The van der Waals surface area contributed by atoms with E-state index in [1.54, 1.807) is 19.6 Å². The van der Waals surface area contributed by atoms with Gasteiger partial charge in [-0.3, -0.25) is 0 Å². The second-order valence-electron chi connectivity index (χ2n) is 3.74. The molecular formula is C12H17N3O2. The van der Waals surface area contributed by atoms with Crippen molar-refractivity contribution in [2.75, 3.05) is 38.3 Å². The van der Waals surface area contributed by atoms with Gasteiger partial charge in [0.2, 0.25) is 0 Å². The van der Waals surface area contributed by atoms with Crippen molar-refractivity contribution >= 4 is 16.8 Å². The van der Waals surface area contributed by atoms with Gasteiger partial charge in [-0.05, 0) is 12.1 Å². The maximum Gasteiger partial charge on any atom is 0.139 e. The Morgan fingerprint density at radius 1 is 1.41 bits per heavy atom. The number of nitrogens with two attached hydrogens (primary N) is 1.